The molecule has 2 aliphatic heterocycles. The monoisotopic (exact) mass is 425 g/mol. The van der Waals surface area contributed by atoms with E-state index in [9.17, 15) is 9.59 Å². The van der Waals surface area contributed by atoms with Crippen molar-refractivity contribution >= 4 is 29.2 Å². The summed E-state index contributed by atoms with van der Waals surface area (Å²) >= 11 is 1.63. The second-order valence-corrected chi connectivity index (χ2v) is 9.51. The van der Waals surface area contributed by atoms with Crippen LogP contribution in [0.1, 0.15) is 58.8 Å². The molecule has 2 saturated heterocycles. The first-order valence-corrected chi connectivity index (χ1v) is 11.9. The van der Waals surface area contributed by atoms with Gasteiger partial charge in [0.05, 0.1) is 0 Å². The molecule has 0 N–H and O–H groups in total. The summed E-state index contributed by atoms with van der Waals surface area (Å²) in [5.41, 5.74) is 1.56. The van der Waals surface area contributed by atoms with Crippen molar-refractivity contribution in [2.75, 3.05) is 19.6 Å². The van der Waals surface area contributed by atoms with Gasteiger partial charge in [-0.15, -0.1) is 11.3 Å². The third kappa shape index (κ3) is 3.71. The Morgan fingerprint density at radius 2 is 2.07 bits per heavy atom. The van der Waals surface area contributed by atoms with E-state index in [-0.39, 0.29) is 17.9 Å². The maximum absolute atomic E-state index is 13.3. The number of hydrogen-bond acceptors (Lipinski definition) is 5. The lowest BCUT2D eigenvalue weighted by atomic mass is 9.83. The molecular weight excluding hydrogens is 398 g/mol. The zero-order valence-corrected chi connectivity index (χ0v) is 17.9. The first-order chi connectivity index (χ1) is 14.7. The molecule has 158 valence electrons. The van der Waals surface area contributed by atoms with Crippen LogP contribution >= 0.6 is 11.3 Å². The van der Waals surface area contributed by atoms with Crippen molar-refractivity contribution in [1.82, 2.24) is 15.0 Å². The van der Waals surface area contributed by atoms with Crippen molar-refractivity contribution in [1.29, 1.82) is 0 Å². The van der Waals surface area contributed by atoms with Crippen molar-refractivity contribution in [3.05, 3.63) is 45.5 Å². The molecule has 0 aromatic carbocycles. The number of aryl methyl sites for hydroxylation is 1. The summed E-state index contributed by atoms with van der Waals surface area (Å²) in [5.74, 6) is 1.32. The molecule has 30 heavy (non-hydrogen) atoms. The van der Waals surface area contributed by atoms with Crippen molar-refractivity contribution in [3.63, 3.8) is 0 Å². The lowest BCUT2D eigenvalue weighted by Gasteiger charge is -2.46. The minimum atomic E-state index is 0.0222. The van der Waals surface area contributed by atoms with E-state index in [4.69, 9.17) is 4.52 Å². The molecule has 2 fully saturated rings. The third-order valence-corrected chi connectivity index (χ3v) is 7.56. The van der Waals surface area contributed by atoms with Gasteiger partial charge in [-0.2, -0.15) is 0 Å². The van der Waals surface area contributed by atoms with E-state index < -0.39 is 0 Å². The van der Waals surface area contributed by atoms with Crippen LogP contribution in [0.25, 0.3) is 6.08 Å². The Balaban J connectivity index is 1.27. The lowest BCUT2D eigenvalue weighted by molar-refractivity contribution is -0.129. The number of rotatable bonds is 3. The van der Waals surface area contributed by atoms with E-state index in [0.29, 0.717) is 18.2 Å². The van der Waals surface area contributed by atoms with E-state index in [1.807, 2.05) is 33.4 Å². The standard InChI is InChI=1S/C23H27N3O3S/c27-21(10-9-17-6-4-14-30-17)25-13-11-19-16(15-25)5-3-12-26(19)23(28)22-18-7-1-2-8-20(18)29-24-22/h4,6,9-10,14,16,19H,1-3,5,7-8,11-13,15H2/b10-9+/t16-,19-/m1/s1. The van der Waals surface area contributed by atoms with E-state index in [1.54, 1.807) is 17.4 Å². The normalized spacial score (nSPS) is 24.0. The number of aromatic nitrogens is 1. The van der Waals surface area contributed by atoms with Gasteiger partial charge in [-0.1, -0.05) is 11.2 Å². The van der Waals surface area contributed by atoms with Gasteiger partial charge >= 0.3 is 0 Å². The maximum atomic E-state index is 13.3. The minimum Gasteiger partial charge on any atom is -0.360 e. The number of carbonyl (C=O) groups is 2. The molecule has 7 heteroatoms. The fraction of sp³-hybridized carbons (Fsp3) is 0.522. The number of nitrogens with zero attached hydrogens (tertiary/aromatic N) is 3. The minimum absolute atomic E-state index is 0.0222. The molecule has 0 spiro atoms. The van der Waals surface area contributed by atoms with Gasteiger partial charge < -0.3 is 14.3 Å². The molecule has 6 nitrogen and oxygen atoms in total. The molecule has 2 amide bonds. The van der Waals surface area contributed by atoms with Crippen LogP contribution in [0.4, 0.5) is 0 Å². The van der Waals surface area contributed by atoms with Gasteiger partial charge in [0.2, 0.25) is 5.91 Å². The smallest absolute Gasteiger partial charge is 0.276 e. The second kappa shape index (κ2) is 8.38. The Morgan fingerprint density at radius 3 is 2.93 bits per heavy atom. The highest BCUT2D eigenvalue weighted by atomic mass is 32.1. The van der Waals surface area contributed by atoms with Crippen LogP contribution in [0, 0.1) is 5.92 Å². The SMILES string of the molecule is O=C(/C=C/c1cccs1)N1CC[C@@H]2[C@H](CCCN2C(=O)c2noc3c2CCCC3)C1. The molecule has 2 aromatic rings. The summed E-state index contributed by atoms with van der Waals surface area (Å²) in [6, 6.07) is 4.18. The molecule has 1 aliphatic carbocycles. The summed E-state index contributed by atoms with van der Waals surface area (Å²) < 4.78 is 5.48. The second-order valence-electron chi connectivity index (χ2n) is 8.53. The Bertz CT molecular complexity index is 949. The highest BCUT2D eigenvalue weighted by molar-refractivity contribution is 7.10. The molecule has 2 aromatic heterocycles. The average molecular weight is 426 g/mol. The van der Waals surface area contributed by atoms with Crippen molar-refractivity contribution in [3.8, 4) is 0 Å². The number of piperidine rings is 2. The number of likely N-dealkylation sites (tertiary alicyclic amines) is 2. The van der Waals surface area contributed by atoms with Crippen LogP contribution in [0.3, 0.4) is 0 Å². The van der Waals surface area contributed by atoms with Crippen molar-refractivity contribution in [2.45, 2.75) is 51.0 Å². The van der Waals surface area contributed by atoms with Gasteiger partial charge in [0, 0.05) is 48.6 Å². The number of amides is 2. The first kappa shape index (κ1) is 19.5. The quantitative estimate of drug-likeness (QED) is 0.702. The van der Waals surface area contributed by atoms with E-state index in [0.717, 1.165) is 74.2 Å². The number of hydrogen-bond donors (Lipinski definition) is 0. The largest absolute Gasteiger partial charge is 0.360 e. The molecule has 0 saturated carbocycles. The van der Waals surface area contributed by atoms with Crippen molar-refractivity contribution < 1.29 is 14.1 Å². The van der Waals surface area contributed by atoms with Crippen LogP contribution in [-0.4, -0.2) is 52.4 Å². The highest BCUT2D eigenvalue weighted by Gasteiger charge is 2.40. The number of fused-ring (bicyclic) bond motifs is 2. The van der Waals surface area contributed by atoms with E-state index in [2.05, 4.69) is 5.16 Å². The molecular formula is C23H27N3O3S. The van der Waals surface area contributed by atoms with E-state index >= 15 is 0 Å². The summed E-state index contributed by atoms with van der Waals surface area (Å²) in [7, 11) is 0. The van der Waals surface area contributed by atoms with Crippen LogP contribution in [0.5, 0.6) is 0 Å². The zero-order chi connectivity index (χ0) is 20.5. The van der Waals surface area contributed by atoms with Crippen LogP contribution in [-0.2, 0) is 17.6 Å². The Hall–Kier alpha value is -2.41. The Morgan fingerprint density at radius 1 is 1.17 bits per heavy atom. The molecule has 0 radical (unpaired) electrons. The lowest BCUT2D eigenvalue weighted by Crippen LogP contribution is -2.56. The maximum Gasteiger partial charge on any atom is 0.276 e. The summed E-state index contributed by atoms with van der Waals surface area (Å²) in [6.45, 7) is 2.18. The number of carbonyl (C=O) groups excluding carboxylic acids is 2. The Labute approximate surface area is 180 Å². The molecule has 0 bridgehead atoms. The summed E-state index contributed by atoms with van der Waals surface area (Å²) in [4.78, 5) is 31.1. The van der Waals surface area contributed by atoms with Crippen LogP contribution in [0.2, 0.25) is 0 Å². The molecule has 5 rings (SSSR count). The highest BCUT2D eigenvalue weighted by Crippen LogP contribution is 2.33. The zero-order valence-electron chi connectivity index (χ0n) is 17.1. The first-order valence-electron chi connectivity index (χ1n) is 11.0. The topological polar surface area (TPSA) is 66.7 Å². The predicted molar refractivity (Wildman–Crippen MR) is 115 cm³/mol. The molecule has 3 aliphatic rings. The van der Waals surface area contributed by atoms with Gasteiger partial charge in [0.1, 0.15) is 5.76 Å². The molecule has 2 atom stereocenters. The van der Waals surface area contributed by atoms with E-state index in [1.165, 1.54) is 0 Å². The summed E-state index contributed by atoms with van der Waals surface area (Å²) in [6.07, 6.45) is 10.4. The summed E-state index contributed by atoms with van der Waals surface area (Å²) in [5, 5.41) is 6.17. The van der Waals surface area contributed by atoms with Crippen LogP contribution < -0.4 is 0 Å². The Kier molecular flexibility index (Phi) is 5.46. The predicted octanol–water partition coefficient (Wildman–Crippen LogP) is 3.78. The van der Waals surface area contributed by atoms with Crippen LogP contribution in [0.15, 0.2) is 28.1 Å². The third-order valence-electron chi connectivity index (χ3n) is 6.73. The molecule has 0 unspecified atom stereocenters. The molecule has 4 heterocycles. The van der Waals surface area contributed by atoms with Gasteiger partial charge in [0.25, 0.3) is 5.91 Å². The number of thiophene rings is 1. The van der Waals surface area contributed by atoms with Gasteiger partial charge in [-0.3, -0.25) is 9.59 Å². The van der Waals surface area contributed by atoms with Gasteiger partial charge in [0.15, 0.2) is 5.69 Å². The average Bonchev–Trinajstić information content (AvgIpc) is 3.46. The van der Waals surface area contributed by atoms with Crippen molar-refractivity contribution in [2.24, 2.45) is 5.92 Å². The van der Waals surface area contributed by atoms with Gasteiger partial charge in [-0.05, 0) is 62.0 Å². The fourth-order valence-electron chi connectivity index (χ4n) is 5.19. The van der Waals surface area contributed by atoms with Gasteiger partial charge in [-0.25, -0.2) is 0 Å². The fourth-order valence-corrected chi connectivity index (χ4v) is 5.81.